The smallest absolute Gasteiger partial charge is 0.174 e. The molecule has 2 rings (SSSR count). The van der Waals surface area contributed by atoms with E-state index in [1.807, 2.05) is 12.1 Å². The minimum atomic E-state index is 0.827. The van der Waals surface area contributed by atoms with Gasteiger partial charge in [0, 0.05) is 0 Å². The van der Waals surface area contributed by atoms with E-state index in [0.717, 1.165) is 21.2 Å². The Bertz CT molecular complexity index is 462. The molecule has 0 saturated heterocycles. The first-order valence-corrected chi connectivity index (χ1v) is 5.70. The van der Waals surface area contributed by atoms with Crippen molar-refractivity contribution in [1.82, 2.24) is 0 Å². The van der Waals surface area contributed by atoms with Crippen molar-refractivity contribution in [3.8, 4) is 5.06 Å². The average Bonchev–Trinajstić information content (AvgIpc) is 2.61. The highest BCUT2D eigenvalue weighted by molar-refractivity contribution is 7.21. The first kappa shape index (κ1) is 9.81. The van der Waals surface area contributed by atoms with E-state index in [1.165, 1.54) is 10.9 Å². The van der Waals surface area contributed by atoms with E-state index in [2.05, 4.69) is 13.0 Å². The van der Waals surface area contributed by atoms with Crippen LogP contribution in [0.1, 0.15) is 12.5 Å². The maximum atomic E-state index is 6.17. The molecule has 0 aliphatic heterocycles. The molecule has 1 aromatic carbocycles. The number of aryl methyl sites for hydroxylation is 1. The highest BCUT2D eigenvalue weighted by Crippen LogP contribution is 2.37. The van der Waals surface area contributed by atoms with Crippen LogP contribution in [0.25, 0.3) is 10.1 Å². The number of hydrogen-bond donors (Lipinski definition) is 0. The third-order valence-electron chi connectivity index (χ3n) is 2.22. The number of hydrogen-bond acceptors (Lipinski definition) is 2. The summed E-state index contributed by atoms with van der Waals surface area (Å²) < 4.78 is 6.30. The third kappa shape index (κ3) is 1.60. The topological polar surface area (TPSA) is 9.23 Å². The predicted molar refractivity (Wildman–Crippen MR) is 62.8 cm³/mol. The molecule has 74 valence electrons. The van der Waals surface area contributed by atoms with Crippen molar-refractivity contribution in [1.29, 1.82) is 0 Å². The van der Waals surface area contributed by atoms with Gasteiger partial charge in [0.25, 0.3) is 0 Å². The molecule has 1 heterocycles. The van der Waals surface area contributed by atoms with Gasteiger partial charge in [0.1, 0.15) is 0 Å². The summed E-state index contributed by atoms with van der Waals surface area (Å²) in [6.07, 6.45) is 1.01. The number of thiophene rings is 1. The fourth-order valence-corrected chi connectivity index (χ4v) is 2.68. The zero-order valence-electron chi connectivity index (χ0n) is 8.13. The Morgan fingerprint density at radius 2 is 2.14 bits per heavy atom. The third-order valence-corrected chi connectivity index (χ3v) is 3.77. The van der Waals surface area contributed by atoms with Gasteiger partial charge >= 0.3 is 0 Å². The van der Waals surface area contributed by atoms with E-state index in [4.69, 9.17) is 16.3 Å². The molecule has 0 aliphatic carbocycles. The lowest BCUT2D eigenvalue weighted by atomic mass is 10.1. The monoisotopic (exact) mass is 226 g/mol. The Hall–Kier alpha value is -0.730. The second-order valence-electron chi connectivity index (χ2n) is 3.12. The van der Waals surface area contributed by atoms with E-state index < -0.39 is 0 Å². The number of ether oxygens (including phenoxy) is 1. The van der Waals surface area contributed by atoms with Gasteiger partial charge in [0.2, 0.25) is 0 Å². The Labute approximate surface area is 92.3 Å². The minimum Gasteiger partial charge on any atom is -0.487 e. The number of benzene rings is 1. The lowest BCUT2D eigenvalue weighted by Gasteiger charge is -1.98. The number of halogens is 1. The predicted octanol–water partition coefficient (Wildman–Crippen LogP) is 4.13. The van der Waals surface area contributed by atoms with Crippen molar-refractivity contribution in [3.63, 3.8) is 0 Å². The van der Waals surface area contributed by atoms with Gasteiger partial charge < -0.3 is 4.74 Å². The minimum absolute atomic E-state index is 0.827. The highest BCUT2D eigenvalue weighted by atomic mass is 35.5. The SMILES string of the molecule is CCc1cc(Cl)c2sc(OC)cc2c1. The van der Waals surface area contributed by atoms with Crippen LogP contribution in [0.15, 0.2) is 18.2 Å². The molecule has 3 heteroatoms. The molecule has 0 fully saturated rings. The van der Waals surface area contributed by atoms with Gasteiger partial charge in [0.15, 0.2) is 5.06 Å². The van der Waals surface area contributed by atoms with Crippen LogP contribution in [0, 0.1) is 0 Å². The fourth-order valence-electron chi connectivity index (χ4n) is 1.45. The standard InChI is InChI=1S/C11H11ClOS/c1-3-7-4-8-6-10(13-2)14-11(8)9(12)5-7/h4-6H,3H2,1-2H3. The zero-order chi connectivity index (χ0) is 10.1. The summed E-state index contributed by atoms with van der Waals surface area (Å²) in [6.45, 7) is 2.13. The second-order valence-corrected chi connectivity index (χ2v) is 4.54. The van der Waals surface area contributed by atoms with Crippen LogP contribution in [-0.2, 0) is 6.42 Å². The summed E-state index contributed by atoms with van der Waals surface area (Å²) in [5.41, 5.74) is 1.27. The number of rotatable bonds is 2. The van der Waals surface area contributed by atoms with Crippen LogP contribution in [-0.4, -0.2) is 7.11 Å². The summed E-state index contributed by atoms with van der Waals surface area (Å²) >= 11 is 7.76. The van der Waals surface area contributed by atoms with E-state index in [-0.39, 0.29) is 0 Å². The van der Waals surface area contributed by atoms with Crippen molar-refractivity contribution < 1.29 is 4.74 Å². The number of methoxy groups -OCH3 is 1. The van der Waals surface area contributed by atoms with Gasteiger partial charge in [-0.25, -0.2) is 0 Å². The van der Waals surface area contributed by atoms with Gasteiger partial charge in [-0.2, -0.15) is 0 Å². The Morgan fingerprint density at radius 1 is 1.36 bits per heavy atom. The molecule has 0 radical (unpaired) electrons. The summed E-state index contributed by atoms with van der Waals surface area (Å²) in [5, 5.41) is 2.92. The molecule has 0 saturated carbocycles. The molecule has 2 aromatic rings. The summed E-state index contributed by atoms with van der Waals surface area (Å²) in [5.74, 6) is 0. The molecule has 14 heavy (non-hydrogen) atoms. The van der Waals surface area contributed by atoms with Crippen molar-refractivity contribution in [2.24, 2.45) is 0 Å². The summed E-state index contributed by atoms with van der Waals surface area (Å²) in [7, 11) is 1.68. The van der Waals surface area contributed by atoms with E-state index in [9.17, 15) is 0 Å². The van der Waals surface area contributed by atoms with E-state index in [0.29, 0.717) is 0 Å². The normalized spacial score (nSPS) is 10.8. The molecular weight excluding hydrogens is 216 g/mol. The molecule has 0 unspecified atom stereocenters. The van der Waals surface area contributed by atoms with Crippen molar-refractivity contribution in [3.05, 3.63) is 28.8 Å². The first-order chi connectivity index (χ1) is 6.74. The van der Waals surface area contributed by atoms with Crippen molar-refractivity contribution in [2.75, 3.05) is 7.11 Å². The van der Waals surface area contributed by atoms with Crippen LogP contribution in [0.2, 0.25) is 5.02 Å². The van der Waals surface area contributed by atoms with Crippen LogP contribution in [0.4, 0.5) is 0 Å². The van der Waals surface area contributed by atoms with Gasteiger partial charge in [-0.3, -0.25) is 0 Å². The maximum absolute atomic E-state index is 6.17. The lowest BCUT2D eigenvalue weighted by molar-refractivity contribution is 0.427. The van der Waals surface area contributed by atoms with Crippen molar-refractivity contribution in [2.45, 2.75) is 13.3 Å². The largest absolute Gasteiger partial charge is 0.487 e. The Kier molecular flexibility index (Phi) is 2.66. The lowest BCUT2D eigenvalue weighted by Crippen LogP contribution is -1.78. The average molecular weight is 227 g/mol. The summed E-state index contributed by atoms with van der Waals surface area (Å²) in [6, 6.07) is 6.23. The maximum Gasteiger partial charge on any atom is 0.174 e. The molecule has 1 aromatic heterocycles. The molecule has 0 N–H and O–H groups in total. The van der Waals surface area contributed by atoms with Crippen LogP contribution < -0.4 is 4.74 Å². The molecule has 0 amide bonds. The fraction of sp³-hybridized carbons (Fsp3) is 0.273. The summed E-state index contributed by atoms with van der Waals surface area (Å²) in [4.78, 5) is 0. The van der Waals surface area contributed by atoms with Crippen molar-refractivity contribution >= 4 is 33.0 Å². The number of fused-ring (bicyclic) bond motifs is 1. The molecular formula is C11H11ClOS. The Balaban J connectivity index is 2.67. The van der Waals surface area contributed by atoms with Gasteiger partial charge in [0.05, 0.1) is 16.8 Å². The second kappa shape index (κ2) is 3.79. The molecule has 0 bridgehead atoms. The molecule has 0 atom stereocenters. The first-order valence-electron chi connectivity index (χ1n) is 4.50. The highest BCUT2D eigenvalue weighted by Gasteiger charge is 2.06. The molecule has 0 spiro atoms. The van der Waals surface area contributed by atoms with E-state index in [1.54, 1.807) is 18.4 Å². The zero-order valence-corrected chi connectivity index (χ0v) is 9.71. The Morgan fingerprint density at radius 3 is 2.79 bits per heavy atom. The quantitative estimate of drug-likeness (QED) is 0.749. The molecule has 0 aliphatic rings. The van der Waals surface area contributed by atoms with Gasteiger partial charge in [-0.05, 0) is 29.5 Å². The van der Waals surface area contributed by atoms with Crippen LogP contribution >= 0.6 is 22.9 Å². The van der Waals surface area contributed by atoms with Gasteiger partial charge in [-0.1, -0.05) is 35.9 Å². The van der Waals surface area contributed by atoms with Crippen LogP contribution in [0.3, 0.4) is 0 Å². The van der Waals surface area contributed by atoms with E-state index >= 15 is 0 Å². The molecule has 1 nitrogen and oxygen atoms in total. The van der Waals surface area contributed by atoms with Crippen LogP contribution in [0.5, 0.6) is 5.06 Å². The van der Waals surface area contributed by atoms with Gasteiger partial charge in [-0.15, -0.1) is 0 Å².